The summed E-state index contributed by atoms with van der Waals surface area (Å²) < 4.78 is 0. The summed E-state index contributed by atoms with van der Waals surface area (Å²) in [6.07, 6.45) is 4.86. The van der Waals surface area contributed by atoms with E-state index in [1.807, 2.05) is 0 Å². The number of benzene rings is 2. The minimum Gasteiger partial charge on any atom is -0.303 e. The number of fused-ring (bicyclic) bond motifs is 1. The second-order valence-electron chi connectivity index (χ2n) is 5.59. The van der Waals surface area contributed by atoms with E-state index in [0.717, 1.165) is 12.5 Å². The van der Waals surface area contributed by atoms with Crippen LogP contribution in [0.15, 0.2) is 42.5 Å². The highest BCUT2D eigenvalue weighted by molar-refractivity contribution is 5.83. The van der Waals surface area contributed by atoms with Gasteiger partial charge in [-0.3, -0.25) is 0 Å². The first-order valence-electron chi connectivity index (χ1n) is 7.35. The largest absolute Gasteiger partial charge is 0.303 e. The molecule has 3 rings (SSSR count). The summed E-state index contributed by atoms with van der Waals surface area (Å²) >= 11 is 0. The van der Waals surface area contributed by atoms with Crippen molar-refractivity contribution in [3.05, 3.63) is 54.4 Å². The summed E-state index contributed by atoms with van der Waals surface area (Å²) in [6.45, 7) is 5.77. The summed E-state index contributed by atoms with van der Waals surface area (Å²) in [7, 11) is 0. The zero-order valence-electron chi connectivity index (χ0n) is 11.7. The van der Waals surface area contributed by atoms with Gasteiger partial charge in [-0.1, -0.05) is 49.4 Å². The molecule has 0 N–H and O–H groups in total. The van der Waals surface area contributed by atoms with Crippen molar-refractivity contribution in [2.24, 2.45) is 0 Å². The predicted octanol–water partition coefficient (Wildman–Crippen LogP) is 4.24. The SMILES string of the molecule is C[CH]CN1CCC(c2ccc3ccccc3c2)CC1. The smallest absolute Gasteiger partial charge is 0.00100 e. The van der Waals surface area contributed by atoms with Crippen molar-refractivity contribution >= 4 is 10.8 Å². The van der Waals surface area contributed by atoms with Crippen molar-refractivity contribution in [3.8, 4) is 0 Å². The van der Waals surface area contributed by atoms with Gasteiger partial charge in [0, 0.05) is 6.54 Å². The highest BCUT2D eigenvalue weighted by Crippen LogP contribution is 2.30. The molecule has 1 saturated heterocycles. The molecule has 0 spiro atoms. The Labute approximate surface area is 116 Å². The third-order valence-corrected chi connectivity index (χ3v) is 4.27. The van der Waals surface area contributed by atoms with Gasteiger partial charge in [-0.15, -0.1) is 0 Å². The van der Waals surface area contributed by atoms with E-state index in [2.05, 4.69) is 60.7 Å². The van der Waals surface area contributed by atoms with E-state index in [4.69, 9.17) is 0 Å². The molecule has 1 radical (unpaired) electrons. The minimum absolute atomic E-state index is 0.748. The zero-order valence-corrected chi connectivity index (χ0v) is 11.7. The van der Waals surface area contributed by atoms with Crippen molar-refractivity contribution in [2.75, 3.05) is 19.6 Å². The summed E-state index contributed by atoms with van der Waals surface area (Å²) in [5.41, 5.74) is 1.53. The van der Waals surface area contributed by atoms with Crippen LogP contribution in [0.2, 0.25) is 0 Å². The normalized spacial score (nSPS) is 17.9. The molecule has 1 fully saturated rings. The van der Waals surface area contributed by atoms with Gasteiger partial charge in [0.25, 0.3) is 0 Å². The highest BCUT2D eigenvalue weighted by atomic mass is 15.1. The monoisotopic (exact) mass is 252 g/mol. The molecule has 0 aliphatic carbocycles. The maximum absolute atomic E-state index is 2.55. The van der Waals surface area contributed by atoms with Gasteiger partial charge < -0.3 is 4.90 Å². The summed E-state index contributed by atoms with van der Waals surface area (Å²) in [5, 5.41) is 2.73. The fraction of sp³-hybridized carbons (Fsp3) is 0.389. The Kier molecular flexibility index (Phi) is 3.84. The molecule has 0 bridgehead atoms. The second kappa shape index (κ2) is 5.75. The van der Waals surface area contributed by atoms with E-state index in [9.17, 15) is 0 Å². The number of nitrogens with zero attached hydrogens (tertiary/aromatic N) is 1. The van der Waals surface area contributed by atoms with Gasteiger partial charge >= 0.3 is 0 Å². The van der Waals surface area contributed by atoms with Crippen LogP contribution in [0.3, 0.4) is 0 Å². The fourth-order valence-corrected chi connectivity index (χ4v) is 3.17. The van der Waals surface area contributed by atoms with Crippen LogP contribution in [0.4, 0.5) is 0 Å². The van der Waals surface area contributed by atoms with Crippen LogP contribution >= 0.6 is 0 Å². The Bertz CT molecular complexity index is 538. The lowest BCUT2D eigenvalue weighted by Gasteiger charge is -2.32. The van der Waals surface area contributed by atoms with Crippen LogP contribution < -0.4 is 0 Å². The molecule has 0 unspecified atom stereocenters. The lowest BCUT2D eigenvalue weighted by atomic mass is 9.88. The molecule has 1 nitrogen and oxygen atoms in total. The molecule has 0 aromatic heterocycles. The third kappa shape index (κ3) is 2.82. The average Bonchev–Trinajstić information content (AvgIpc) is 2.48. The Morgan fingerprint density at radius 2 is 1.79 bits per heavy atom. The van der Waals surface area contributed by atoms with Gasteiger partial charge in [-0.05, 0) is 54.6 Å². The van der Waals surface area contributed by atoms with E-state index in [0.29, 0.717) is 0 Å². The molecule has 1 heterocycles. The predicted molar refractivity (Wildman–Crippen MR) is 82.3 cm³/mol. The zero-order chi connectivity index (χ0) is 13.1. The van der Waals surface area contributed by atoms with Gasteiger partial charge in [0.2, 0.25) is 0 Å². The van der Waals surface area contributed by atoms with Crippen molar-refractivity contribution in [3.63, 3.8) is 0 Å². The van der Waals surface area contributed by atoms with Crippen LogP contribution in [0, 0.1) is 6.42 Å². The van der Waals surface area contributed by atoms with Gasteiger partial charge in [-0.25, -0.2) is 0 Å². The third-order valence-electron chi connectivity index (χ3n) is 4.27. The van der Waals surface area contributed by atoms with Crippen molar-refractivity contribution in [1.29, 1.82) is 0 Å². The number of piperidine rings is 1. The minimum atomic E-state index is 0.748. The van der Waals surface area contributed by atoms with E-state index >= 15 is 0 Å². The van der Waals surface area contributed by atoms with Gasteiger partial charge in [-0.2, -0.15) is 0 Å². The number of rotatable bonds is 3. The van der Waals surface area contributed by atoms with E-state index < -0.39 is 0 Å². The maximum atomic E-state index is 2.55. The number of hydrogen-bond donors (Lipinski definition) is 0. The second-order valence-corrected chi connectivity index (χ2v) is 5.59. The molecule has 1 aliphatic rings. The summed E-state index contributed by atoms with van der Waals surface area (Å²) in [6, 6.07) is 15.7. The molecule has 2 aromatic carbocycles. The van der Waals surface area contributed by atoms with E-state index in [-0.39, 0.29) is 0 Å². The lowest BCUT2D eigenvalue weighted by Crippen LogP contribution is -2.33. The van der Waals surface area contributed by atoms with Crippen LogP contribution in [0.1, 0.15) is 31.2 Å². The summed E-state index contributed by atoms with van der Waals surface area (Å²) in [4.78, 5) is 2.55. The summed E-state index contributed by atoms with van der Waals surface area (Å²) in [5.74, 6) is 0.748. The molecular weight excluding hydrogens is 230 g/mol. The Morgan fingerprint density at radius 1 is 1.05 bits per heavy atom. The average molecular weight is 252 g/mol. The van der Waals surface area contributed by atoms with Gasteiger partial charge in [0.15, 0.2) is 0 Å². The van der Waals surface area contributed by atoms with Crippen LogP contribution in [-0.4, -0.2) is 24.5 Å². The first kappa shape index (κ1) is 12.7. The Balaban J connectivity index is 1.74. The van der Waals surface area contributed by atoms with Crippen molar-refractivity contribution in [1.82, 2.24) is 4.90 Å². The molecule has 0 amide bonds. The van der Waals surface area contributed by atoms with Gasteiger partial charge in [0.05, 0.1) is 0 Å². The van der Waals surface area contributed by atoms with Crippen LogP contribution in [0.5, 0.6) is 0 Å². The number of hydrogen-bond acceptors (Lipinski definition) is 1. The van der Waals surface area contributed by atoms with Crippen molar-refractivity contribution < 1.29 is 0 Å². The Hall–Kier alpha value is -1.34. The number of likely N-dealkylation sites (tertiary alicyclic amines) is 1. The maximum Gasteiger partial charge on any atom is 0.00100 e. The first-order valence-corrected chi connectivity index (χ1v) is 7.35. The Morgan fingerprint density at radius 3 is 2.53 bits per heavy atom. The molecule has 2 aromatic rings. The van der Waals surface area contributed by atoms with Crippen LogP contribution in [0.25, 0.3) is 10.8 Å². The molecule has 1 heteroatoms. The van der Waals surface area contributed by atoms with E-state index in [1.54, 1.807) is 0 Å². The van der Waals surface area contributed by atoms with E-state index in [1.165, 1.54) is 42.3 Å². The van der Waals surface area contributed by atoms with Crippen LogP contribution in [-0.2, 0) is 0 Å². The molecule has 1 aliphatic heterocycles. The molecular formula is C18H22N. The molecule has 19 heavy (non-hydrogen) atoms. The first-order chi connectivity index (χ1) is 9.36. The topological polar surface area (TPSA) is 3.24 Å². The van der Waals surface area contributed by atoms with Gasteiger partial charge in [0.1, 0.15) is 0 Å². The highest BCUT2D eigenvalue weighted by Gasteiger charge is 2.19. The lowest BCUT2D eigenvalue weighted by molar-refractivity contribution is 0.227. The molecule has 0 atom stereocenters. The molecule has 0 saturated carbocycles. The standard InChI is InChI=1S/C18H22N/c1-2-11-19-12-9-16(10-13-19)18-8-7-15-5-3-4-6-17(15)14-18/h2-8,14,16H,9-13H2,1H3. The molecule has 99 valence electrons. The van der Waals surface area contributed by atoms with Crippen molar-refractivity contribution in [2.45, 2.75) is 25.7 Å². The fourth-order valence-electron chi connectivity index (χ4n) is 3.17. The quantitative estimate of drug-likeness (QED) is 0.789.